The van der Waals surface area contributed by atoms with Crippen LogP contribution in [0.15, 0.2) is 0 Å². The van der Waals surface area contributed by atoms with Crippen LogP contribution in [-0.2, 0) is 19.1 Å². The number of carbonyl (C=O) groups excluding carboxylic acids is 1. The monoisotopic (exact) mass is 341 g/mol. The molecule has 1 saturated heterocycles. The number of rotatable bonds is 7. The Balaban J connectivity index is 2.01. The van der Waals surface area contributed by atoms with E-state index in [1.807, 2.05) is 6.92 Å². The highest BCUT2D eigenvalue weighted by Crippen LogP contribution is 2.32. The number of methoxy groups -OCH3 is 1. The summed E-state index contributed by atoms with van der Waals surface area (Å²) in [6, 6.07) is 0. The Labute approximate surface area is 144 Å². The summed E-state index contributed by atoms with van der Waals surface area (Å²) in [5.41, 5.74) is -0.994. The molecule has 0 aromatic rings. The number of aliphatic carboxylic acids is 1. The quantitative estimate of drug-likeness (QED) is 0.770. The molecular formula is C18H31NO5. The Morgan fingerprint density at radius 2 is 1.96 bits per heavy atom. The second-order valence-corrected chi connectivity index (χ2v) is 7.17. The van der Waals surface area contributed by atoms with Crippen LogP contribution >= 0.6 is 0 Å². The van der Waals surface area contributed by atoms with Crippen LogP contribution in [0.2, 0.25) is 0 Å². The maximum Gasteiger partial charge on any atom is 0.313 e. The Kier molecular flexibility index (Phi) is 7.04. The lowest BCUT2D eigenvalue weighted by molar-refractivity contribution is -0.164. The van der Waals surface area contributed by atoms with E-state index < -0.39 is 17.5 Å². The van der Waals surface area contributed by atoms with E-state index in [2.05, 4.69) is 0 Å². The third-order valence-electron chi connectivity index (χ3n) is 5.32. The fourth-order valence-electron chi connectivity index (χ4n) is 3.92. The normalized spacial score (nSPS) is 27.0. The predicted molar refractivity (Wildman–Crippen MR) is 89.8 cm³/mol. The zero-order valence-corrected chi connectivity index (χ0v) is 15.0. The van der Waals surface area contributed by atoms with Gasteiger partial charge in [0, 0.05) is 20.2 Å². The van der Waals surface area contributed by atoms with Crippen molar-refractivity contribution in [3.8, 4) is 0 Å². The Morgan fingerprint density at radius 1 is 1.25 bits per heavy atom. The van der Waals surface area contributed by atoms with Crippen molar-refractivity contribution in [2.24, 2.45) is 5.41 Å². The van der Waals surface area contributed by atoms with Gasteiger partial charge in [-0.3, -0.25) is 9.59 Å². The van der Waals surface area contributed by atoms with Crippen LogP contribution in [0.3, 0.4) is 0 Å². The molecule has 0 radical (unpaired) electrons. The molecule has 0 aromatic carbocycles. The molecule has 24 heavy (non-hydrogen) atoms. The second kappa shape index (κ2) is 8.81. The van der Waals surface area contributed by atoms with Crippen molar-refractivity contribution < 1.29 is 24.2 Å². The molecule has 1 amide bonds. The van der Waals surface area contributed by atoms with Crippen LogP contribution in [0.5, 0.6) is 0 Å². The van der Waals surface area contributed by atoms with Crippen LogP contribution in [0.4, 0.5) is 0 Å². The van der Waals surface area contributed by atoms with Crippen molar-refractivity contribution in [1.82, 2.24) is 4.90 Å². The maximum atomic E-state index is 12.9. The molecule has 1 aliphatic carbocycles. The number of piperidine rings is 1. The number of hydrogen-bond acceptors (Lipinski definition) is 4. The first-order valence-electron chi connectivity index (χ1n) is 9.19. The van der Waals surface area contributed by atoms with E-state index in [1.165, 1.54) is 13.5 Å². The Bertz CT molecular complexity index is 431. The summed E-state index contributed by atoms with van der Waals surface area (Å²) in [6.07, 6.45) is 7.16. The van der Waals surface area contributed by atoms with Gasteiger partial charge in [0.15, 0.2) is 0 Å². The van der Waals surface area contributed by atoms with Crippen molar-refractivity contribution in [3.63, 3.8) is 0 Å². The van der Waals surface area contributed by atoms with E-state index in [9.17, 15) is 14.7 Å². The first-order valence-corrected chi connectivity index (χ1v) is 9.19. The molecule has 2 rings (SSSR count). The Hall–Kier alpha value is -1.14. The van der Waals surface area contributed by atoms with Crippen molar-refractivity contribution in [1.29, 1.82) is 0 Å². The third kappa shape index (κ3) is 4.48. The van der Waals surface area contributed by atoms with Crippen LogP contribution < -0.4 is 0 Å². The number of ether oxygens (including phenoxy) is 2. The summed E-state index contributed by atoms with van der Waals surface area (Å²) in [7, 11) is 1.51. The summed E-state index contributed by atoms with van der Waals surface area (Å²) in [4.78, 5) is 26.3. The average molecular weight is 341 g/mol. The van der Waals surface area contributed by atoms with Gasteiger partial charge in [0.25, 0.3) is 5.91 Å². The number of likely N-dealkylation sites (tertiary alicyclic amines) is 1. The summed E-state index contributed by atoms with van der Waals surface area (Å²) in [5, 5.41) is 9.63. The SMILES string of the molecule is CCC(OC1CCCCC1)C(=O)N1CCCC(COC)(C(=O)O)C1. The molecule has 1 heterocycles. The minimum atomic E-state index is -0.994. The first kappa shape index (κ1) is 19.2. The molecule has 6 heteroatoms. The fourth-order valence-corrected chi connectivity index (χ4v) is 3.92. The molecule has 0 bridgehead atoms. The van der Waals surface area contributed by atoms with Crippen LogP contribution in [0.25, 0.3) is 0 Å². The molecular weight excluding hydrogens is 310 g/mol. The summed E-state index contributed by atoms with van der Waals surface area (Å²) >= 11 is 0. The topological polar surface area (TPSA) is 76.1 Å². The number of carbonyl (C=O) groups is 2. The summed E-state index contributed by atoms with van der Waals surface area (Å²) < 4.78 is 11.2. The molecule has 2 fully saturated rings. The van der Waals surface area contributed by atoms with Crippen LogP contribution in [0.1, 0.15) is 58.3 Å². The fraction of sp³-hybridized carbons (Fsp3) is 0.889. The third-order valence-corrected chi connectivity index (χ3v) is 5.32. The van der Waals surface area contributed by atoms with Crippen LogP contribution in [0, 0.1) is 5.41 Å². The molecule has 1 saturated carbocycles. The number of carboxylic acid groups (broad SMARTS) is 1. The zero-order valence-electron chi connectivity index (χ0n) is 15.0. The lowest BCUT2D eigenvalue weighted by Gasteiger charge is -2.41. The van der Waals surface area contributed by atoms with Gasteiger partial charge in [0.2, 0.25) is 0 Å². The second-order valence-electron chi connectivity index (χ2n) is 7.17. The number of hydrogen-bond donors (Lipinski definition) is 1. The van der Waals surface area contributed by atoms with Gasteiger partial charge in [-0.05, 0) is 32.1 Å². The molecule has 2 unspecified atom stereocenters. The highest BCUT2D eigenvalue weighted by atomic mass is 16.5. The van der Waals surface area contributed by atoms with Gasteiger partial charge in [-0.1, -0.05) is 26.2 Å². The lowest BCUT2D eigenvalue weighted by Crippen LogP contribution is -2.54. The van der Waals surface area contributed by atoms with Crippen molar-refractivity contribution in [2.45, 2.75) is 70.5 Å². The van der Waals surface area contributed by atoms with E-state index in [0.29, 0.717) is 25.8 Å². The average Bonchev–Trinajstić information content (AvgIpc) is 2.60. The van der Waals surface area contributed by atoms with Crippen LogP contribution in [-0.4, -0.2) is 60.9 Å². The number of nitrogens with zero attached hydrogens (tertiary/aromatic N) is 1. The van der Waals surface area contributed by atoms with Gasteiger partial charge in [-0.2, -0.15) is 0 Å². The van der Waals surface area contributed by atoms with Crippen molar-refractivity contribution in [3.05, 3.63) is 0 Å². The molecule has 6 nitrogen and oxygen atoms in total. The van der Waals surface area contributed by atoms with Crippen molar-refractivity contribution in [2.75, 3.05) is 26.8 Å². The summed E-state index contributed by atoms with van der Waals surface area (Å²) in [6.45, 7) is 2.89. The molecule has 0 spiro atoms. The van der Waals surface area contributed by atoms with Gasteiger partial charge in [-0.15, -0.1) is 0 Å². The number of carboxylic acids is 1. The minimum absolute atomic E-state index is 0.0653. The van der Waals surface area contributed by atoms with E-state index in [1.54, 1.807) is 4.90 Å². The highest BCUT2D eigenvalue weighted by molar-refractivity contribution is 5.83. The standard InChI is InChI=1S/C18H31NO5/c1-3-15(24-14-8-5-4-6-9-14)16(20)19-11-7-10-18(12-19,13-23-2)17(21)22/h14-15H,3-13H2,1-2H3,(H,21,22). The molecule has 2 aliphatic rings. The molecule has 2 atom stereocenters. The lowest BCUT2D eigenvalue weighted by atomic mass is 9.80. The number of amides is 1. The van der Waals surface area contributed by atoms with Gasteiger partial charge >= 0.3 is 5.97 Å². The first-order chi connectivity index (χ1) is 11.5. The Morgan fingerprint density at radius 3 is 2.54 bits per heavy atom. The van der Waals surface area contributed by atoms with Gasteiger partial charge < -0.3 is 19.5 Å². The van der Waals surface area contributed by atoms with E-state index in [-0.39, 0.29) is 25.2 Å². The zero-order chi connectivity index (χ0) is 17.6. The van der Waals surface area contributed by atoms with Gasteiger partial charge in [0.05, 0.1) is 12.7 Å². The minimum Gasteiger partial charge on any atom is -0.481 e. The van der Waals surface area contributed by atoms with Gasteiger partial charge in [0.1, 0.15) is 11.5 Å². The summed E-state index contributed by atoms with van der Waals surface area (Å²) in [5.74, 6) is -0.951. The maximum absolute atomic E-state index is 12.9. The molecule has 1 N–H and O–H groups in total. The van der Waals surface area contributed by atoms with E-state index in [4.69, 9.17) is 9.47 Å². The molecule has 138 valence electrons. The largest absolute Gasteiger partial charge is 0.481 e. The van der Waals surface area contributed by atoms with E-state index in [0.717, 1.165) is 25.7 Å². The molecule has 1 aliphatic heterocycles. The smallest absolute Gasteiger partial charge is 0.313 e. The highest BCUT2D eigenvalue weighted by Gasteiger charge is 2.44. The van der Waals surface area contributed by atoms with E-state index >= 15 is 0 Å². The predicted octanol–water partition coefficient (Wildman–Crippen LogP) is 2.45. The van der Waals surface area contributed by atoms with Gasteiger partial charge in [-0.25, -0.2) is 0 Å². The molecule has 0 aromatic heterocycles. The van der Waals surface area contributed by atoms with Crippen molar-refractivity contribution >= 4 is 11.9 Å².